The van der Waals surface area contributed by atoms with Crippen molar-refractivity contribution in [2.75, 3.05) is 17.2 Å². The van der Waals surface area contributed by atoms with E-state index < -0.39 is 7.12 Å². The molecular formula is C23H24BN5O2. The molecule has 1 aliphatic rings. The first-order valence-corrected chi connectivity index (χ1v) is 10.5. The van der Waals surface area contributed by atoms with E-state index >= 15 is 0 Å². The number of nitrogens with one attached hydrogen (secondary N) is 2. The summed E-state index contributed by atoms with van der Waals surface area (Å²) in [6, 6.07) is 17.7. The number of hydrogen-bond donors (Lipinski definition) is 4. The zero-order valence-electron chi connectivity index (χ0n) is 17.3. The van der Waals surface area contributed by atoms with Gasteiger partial charge in [-0.3, -0.25) is 4.57 Å². The van der Waals surface area contributed by atoms with Gasteiger partial charge < -0.3 is 20.7 Å². The van der Waals surface area contributed by atoms with Crippen molar-refractivity contribution in [2.45, 2.75) is 26.3 Å². The van der Waals surface area contributed by atoms with Crippen molar-refractivity contribution in [3.63, 3.8) is 0 Å². The average Bonchev–Trinajstić information content (AvgIpc) is 3.13. The highest BCUT2D eigenvalue weighted by atomic mass is 16.4. The van der Waals surface area contributed by atoms with Crippen molar-refractivity contribution < 1.29 is 10.0 Å². The first-order valence-electron chi connectivity index (χ1n) is 10.5. The molecule has 4 aromatic rings. The van der Waals surface area contributed by atoms with Gasteiger partial charge >= 0.3 is 7.12 Å². The van der Waals surface area contributed by atoms with Gasteiger partial charge in [-0.25, -0.2) is 4.98 Å². The van der Waals surface area contributed by atoms with E-state index in [2.05, 4.69) is 22.8 Å². The summed E-state index contributed by atoms with van der Waals surface area (Å²) in [7, 11) is -1.53. The van der Waals surface area contributed by atoms with Crippen molar-refractivity contribution >= 4 is 35.0 Å². The van der Waals surface area contributed by atoms with E-state index in [1.54, 1.807) is 6.07 Å². The normalized spacial score (nSPS) is 13.0. The molecule has 31 heavy (non-hydrogen) atoms. The van der Waals surface area contributed by atoms with Crippen LogP contribution in [0.15, 0.2) is 54.6 Å². The topological polar surface area (TPSA) is 95.2 Å². The van der Waals surface area contributed by atoms with Crippen LogP contribution in [0, 0.1) is 6.92 Å². The van der Waals surface area contributed by atoms with E-state index in [9.17, 15) is 10.0 Å². The molecule has 1 aliphatic heterocycles. The van der Waals surface area contributed by atoms with Crippen molar-refractivity contribution in [1.82, 2.24) is 14.5 Å². The lowest BCUT2D eigenvalue weighted by Gasteiger charge is -2.22. The Morgan fingerprint density at radius 3 is 2.74 bits per heavy atom. The van der Waals surface area contributed by atoms with Crippen LogP contribution in [0.25, 0.3) is 16.9 Å². The molecule has 0 saturated carbocycles. The largest absolute Gasteiger partial charge is 0.489 e. The van der Waals surface area contributed by atoms with Gasteiger partial charge in [0.2, 0.25) is 5.95 Å². The van der Waals surface area contributed by atoms with Crippen LogP contribution >= 0.6 is 0 Å². The summed E-state index contributed by atoms with van der Waals surface area (Å²) in [4.78, 5) is 9.76. The van der Waals surface area contributed by atoms with Crippen LogP contribution < -0.4 is 16.1 Å². The fourth-order valence-corrected chi connectivity index (χ4v) is 4.22. The molecule has 0 spiro atoms. The molecule has 4 N–H and O–H groups in total. The lowest BCUT2D eigenvalue weighted by atomic mass is 9.78. The summed E-state index contributed by atoms with van der Waals surface area (Å²) in [5.74, 6) is 1.36. The number of aryl methyl sites for hydroxylation is 2. The Balaban J connectivity index is 1.62. The second kappa shape index (κ2) is 8.05. The number of anilines is 2. The number of hydrogen-bond acceptors (Lipinski definition) is 6. The molecule has 156 valence electrons. The van der Waals surface area contributed by atoms with E-state index in [1.807, 2.05) is 47.9 Å². The lowest BCUT2D eigenvalue weighted by Crippen LogP contribution is -2.30. The zero-order chi connectivity index (χ0) is 21.4. The summed E-state index contributed by atoms with van der Waals surface area (Å²) in [6.45, 7) is 3.54. The van der Waals surface area contributed by atoms with E-state index in [-0.39, 0.29) is 0 Å². The quantitative estimate of drug-likeness (QED) is 0.376. The van der Waals surface area contributed by atoms with Crippen LogP contribution in [0.3, 0.4) is 0 Å². The Morgan fingerprint density at radius 2 is 1.94 bits per heavy atom. The third-order valence-electron chi connectivity index (χ3n) is 5.71. The zero-order valence-corrected chi connectivity index (χ0v) is 17.3. The van der Waals surface area contributed by atoms with Crippen LogP contribution in [0.2, 0.25) is 0 Å². The molecule has 5 rings (SSSR count). The maximum Gasteiger partial charge on any atom is 0.489 e. The summed E-state index contributed by atoms with van der Waals surface area (Å²) in [5, 5.41) is 27.3. The Labute approximate surface area is 180 Å². The molecule has 7 nitrogen and oxygen atoms in total. The molecule has 0 bridgehead atoms. The van der Waals surface area contributed by atoms with Gasteiger partial charge in [-0.05, 0) is 42.9 Å². The van der Waals surface area contributed by atoms with Gasteiger partial charge in [-0.1, -0.05) is 42.5 Å². The molecule has 2 aromatic carbocycles. The van der Waals surface area contributed by atoms with Gasteiger partial charge in [0, 0.05) is 24.2 Å². The van der Waals surface area contributed by atoms with Crippen LogP contribution in [-0.2, 0) is 13.0 Å². The van der Waals surface area contributed by atoms with Gasteiger partial charge in [-0.2, -0.15) is 4.98 Å². The molecule has 0 radical (unpaired) electrons. The number of benzene rings is 2. The van der Waals surface area contributed by atoms with Crippen LogP contribution in [0.5, 0.6) is 0 Å². The van der Waals surface area contributed by atoms with Gasteiger partial charge in [0.15, 0.2) is 5.82 Å². The maximum atomic E-state index is 9.77. The lowest BCUT2D eigenvalue weighted by molar-refractivity contribution is 0.426. The molecule has 3 heterocycles. The van der Waals surface area contributed by atoms with Crippen molar-refractivity contribution in [3.05, 3.63) is 71.5 Å². The van der Waals surface area contributed by atoms with E-state index in [0.717, 1.165) is 53.2 Å². The van der Waals surface area contributed by atoms with Crippen molar-refractivity contribution in [3.8, 4) is 5.95 Å². The van der Waals surface area contributed by atoms with Crippen LogP contribution in [0.4, 0.5) is 11.5 Å². The molecule has 0 aliphatic carbocycles. The van der Waals surface area contributed by atoms with Crippen molar-refractivity contribution in [1.29, 1.82) is 0 Å². The molecule has 0 amide bonds. The highest BCUT2D eigenvalue weighted by Crippen LogP contribution is 2.30. The molecular weight excluding hydrogens is 389 g/mol. The minimum absolute atomic E-state index is 0.474. The molecule has 0 unspecified atom stereocenters. The molecule has 8 heteroatoms. The Bertz CT molecular complexity index is 1240. The summed E-state index contributed by atoms with van der Waals surface area (Å²) in [5.41, 5.74) is 5.39. The maximum absolute atomic E-state index is 9.77. The summed E-state index contributed by atoms with van der Waals surface area (Å²) >= 11 is 0. The number of rotatable bonds is 5. The average molecular weight is 413 g/mol. The summed E-state index contributed by atoms with van der Waals surface area (Å²) in [6.07, 6.45) is 1.91. The van der Waals surface area contributed by atoms with Gasteiger partial charge in [0.25, 0.3) is 0 Å². The second-order valence-corrected chi connectivity index (χ2v) is 7.84. The molecule has 0 saturated heterocycles. The smallest absolute Gasteiger partial charge is 0.423 e. The first-order chi connectivity index (χ1) is 15.1. The number of aromatic nitrogens is 3. The Kier molecular flexibility index (Phi) is 5.09. The first kappa shape index (κ1) is 19.6. The molecule has 2 aromatic heterocycles. The van der Waals surface area contributed by atoms with Crippen molar-refractivity contribution in [2.24, 2.45) is 0 Å². The molecule has 0 fully saturated rings. The third kappa shape index (κ3) is 3.64. The summed E-state index contributed by atoms with van der Waals surface area (Å²) < 4.78 is 1.98. The standard InChI is InChI=1S/C23H24BN5O2/c1-15-13-17-18(24(30)31)9-5-11-20(17)29(15)23-27-19-10-6-12-25-21(19)22(28-23)26-14-16-7-3-2-4-8-16/h2-5,7-9,11,13,25,30-31H,6,10,12,14H2,1H3,(H,26,27,28). The SMILES string of the molecule is Cc1cc2c(B(O)O)cccc2n1-c1nc2c(c(NCc3ccccc3)n1)NCCC2. The minimum Gasteiger partial charge on any atom is -0.423 e. The predicted octanol–water partition coefficient (Wildman–Crippen LogP) is 2.38. The van der Waals surface area contributed by atoms with Gasteiger partial charge in [0.05, 0.1) is 16.9 Å². The van der Waals surface area contributed by atoms with E-state index in [1.165, 1.54) is 5.56 Å². The fourth-order valence-electron chi connectivity index (χ4n) is 4.22. The minimum atomic E-state index is -1.53. The number of fused-ring (bicyclic) bond motifs is 2. The van der Waals surface area contributed by atoms with Gasteiger partial charge in [0.1, 0.15) is 0 Å². The van der Waals surface area contributed by atoms with Crippen LogP contribution in [0.1, 0.15) is 23.4 Å². The monoisotopic (exact) mass is 413 g/mol. The van der Waals surface area contributed by atoms with Crippen LogP contribution in [-0.4, -0.2) is 38.2 Å². The van der Waals surface area contributed by atoms with E-state index in [4.69, 9.17) is 9.97 Å². The highest BCUT2D eigenvalue weighted by molar-refractivity contribution is 6.61. The number of nitrogens with zero attached hydrogens (tertiary/aromatic N) is 3. The molecule has 0 atom stereocenters. The third-order valence-corrected chi connectivity index (χ3v) is 5.71. The van der Waals surface area contributed by atoms with Gasteiger partial charge in [-0.15, -0.1) is 0 Å². The fraction of sp³-hybridized carbons (Fsp3) is 0.217. The highest BCUT2D eigenvalue weighted by Gasteiger charge is 2.22. The Morgan fingerprint density at radius 1 is 1.10 bits per heavy atom. The Hall–Kier alpha value is -3.36. The second-order valence-electron chi connectivity index (χ2n) is 7.84. The predicted molar refractivity (Wildman–Crippen MR) is 124 cm³/mol. The van der Waals surface area contributed by atoms with E-state index in [0.29, 0.717) is 18.0 Å².